The molecular formula is C14H9ClF2O2. The van der Waals surface area contributed by atoms with Gasteiger partial charge in [-0.25, -0.2) is 8.78 Å². The van der Waals surface area contributed by atoms with Gasteiger partial charge in [-0.1, -0.05) is 11.6 Å². The molecule has 2 rings (SSSR count). The number of halogens is 3. The standard InChI is InChI=1S/C14H9ClF2O2/c1-8(18)11-4-3-10(7-12(11)15)19-14-6-9(16)2-5-13(14)17/h2-7H,1H3. The number of carbonyl (C=O) groups is 1. The molecular weight excluding hydrogens is 274 g/mol. The highest BCUT2D eigenvalue weighted by Gasteiger charge is 2.10. The van der Waals surface area contributed by atoms with Gasteiger partial charge in [-0.3, -0.25) is 4.79 Å². The molecule has 0 bridgehead atoms. The van der Waals surface area contributed by atoms with Crippen LogP contribution in [0.3, 0.4) is 0 Å². The van der Waals surface area contributed by atoms with Crippen LogP contribution in [0.5, 0.6) is 11.5 Å². The van der Waals surface area contributed by atoms with Gasteiger partial charge in [0, 0.05) is 17.7 Å². The predicted molar refractivity (Wildman–Crippen MR) is 67.9 cm³/mol. The fraction of sp³-hybridized carbons (Fsp3) is 0.0714. The first-order valence-electron chi connectivity index (χ1n) is 5.41. The number of rotatable bonds is 3. The summed E-state index contributed by atoms with van der Waals surface area (Å²) in [7, 11) is 0. The van der Waals surface area contributed by atoms with Crippen LogP contribution >= 0.6 is 11.6 Å². The molecule has 0 aliphatic rings. The van der Waals surface area contributed by atoms with Crippen molar-refractivity contribution in [3.63, 3.8) is 0 Å². The molecule has 0 saturated heterocycles. The number of ether oxygens (including phenoxy) is 1. The molecule has 5 heteroatoms. The van der Waals surface area contributed by atoms with Crippen LogP contribution in [0.25, 0.3) is 0 Å². The Kier molecular flexibility index (Phi) is 3.81. The average Bonchev–Trinajstić information content (AvgIpc) is 2.33. The first-order valence-corrected chi connectivity index (χ1v) is 5.78. The van der Waals surface area contributed by atoms with Gasteiger partial charge in [0.15, 0.2) is 17.3 Å². The molecule has 0 aromatic heterocycles. The van der Waals surface area contributed by atoms with Crippen molar-refractivity contribution in [2.45, 2.75) is 6.92 Å². The van der Waals surface area contributed by atoms with Crippen LogP contribution < -0.4 is 4.74 Å². The lowest BCUT2D eigenvalue weighted by atomic mass is 10.1. The van der Waals surface area contributed by atoms with E-state index in [0.717, 1.165) is 18.2 Å². The lowest BCUT2D eigenvalue weighted by molar-refractivity contribution is 0.101. The predicted octanol–water partition coefficient (Wildman–Crippen LogP) is 4.61. The average molecular weight is 283 g/mol. The molecule has 98 valence electrons. The zero-order valence-corrected chi connectivity index (χ0v) is 10.7. The van der Waals surface area contributed by atoms with Gasteiger partial charge < -0.3 is 4.74 Å². The molecule has 0 N–H and O–H groups in total. The molecule has 0 atom stereocenters. The third-order valence-electron chi connectivity index (χ3n) is 2.44. The lowest BCUT2D eigenvalue weighted by Gasteiger charge is -2.08. The van der Waals surface area contributed by atoms with E-state index < -0.39 is 11.6 Å². The largest absolute Gasteiger partial charge is 0.454 e. The molecule has 0 radical (unpaired) electrons. The van der Waals surface area contributed by atoms with E-state index in [9.17, 15) is 13.6 Å². The maximum atomic E-state index is 13.4. The highest BCUT2D eigenvalue weighted by Crippen LogP contribution is 2.29. The molecule has 0 aliphatic carbocycles. The second-order valence-corrected chi connectivity index (χ2v) is 4.28. The van der Waals surface area contributed by atoms with E-state index in [1.54, 1.807) is 0 Å². The molecule has 19 heavy (non-hydrogen) atoms. The number of carbonyl (C=O) groups excluding carboxylic acids is 1. The normalized spacial score (nSPS) is 10.3. The number of Topliss-reactive ketones (excluding diaryl/α,β-unsaturated/α-hetero) is 1. The topological polar surface area (TPSA) is 26.3 Å². The maximum absolute atomic E-state index is 13.4. The molecule has 2 aromatic carbocycles. The van der Waals surface area contributed by atoms with Crippen LogP contribution in [-0.2, 0) is 0 Å². The number of benzene rings is 2. The fourth-order valence-electron chi connectivity index (χ4n) is 1.53. The molecule has 0 fully saturated rings. The van der Waals surface area contributed by atoms with Gasteiger partial charge in [-0.15, -0.1) is 0 Å². The summed E-state index contributed by atoms with van der Waals surface area (Å²) in [6, 6.07) is 7.21. The van der Waals surface area contributed by atoms with Crippen molar-refractivity contribution in [3.8, 4) is 11.5 Å². The molecule has 0 heterocycles. The molecule has 0 spiro atoms. The van der Waals surface area contributed by atoms with Crippen LogP contribution in [0.15, 0.2) is 36.4 Å². The summed E-state index contributed by atoms with van der Waals surface area (Å²) in [6.07, 6.45) is 0. The van der Waals surface area contributed by atoms with Crippen molar-refractivity contribution < 1.29 is 18.3 Å². The lowest BCUT2D eigenvalue weighted by Crippen LogP contribution is -1.95. The summed E-state index contributed by atoms with van der Waals surface area (Å²) in [5.41, 5.74) is 0.341. The Balaban J connectivity index is 2.31. The molecule has 0 unspecified atom stereocenters. The highest BCUT2D eigenvalue weighted by molar-refractivity contribution is 6.34. The van der Waals surface area contributed by atoms with Crippen LogP contribution in [0.4, 0.5) is 8.78 Å². The van der Waals surface area contributed by atoms with Crippen molar-refractivity contribution in [1.29, 1.82) is 0 Å². The fourth-order valence-corrected chi connectivity index (χ4v) is 1.83. The van der Waals surface area contributed by atoms with Gasteiger partial charge in [0.1, 0.15) is 11.6 Å². The number of hydrogen-bond acceptors (Lipinski definition) is 2. The van der Waals surface area contributed by atoms with Crippen molar-refractivity contribution in [1.82, 2.24) is 0 Å². The van der Waals surface area contributed by atoms with E-state index in [4.69, 9.17) is 16.3 Å². The van der Waals surface area contributed by atoms with E-state index in [0.29, 0.717) is 5.56 Å². The van der Waals surface area contributed by atoms with E-state index in [2.05, 4.69) is 0 Å². The second-order valence-electron chi connectivity index (χ2n) is 3.87. The second kappa shape index (κ2) is 5.36. The Bertz CT molecular complexity index is 641. The summed E-state index contributed by atoms with van der Waals surface area (Å²) < 4.78 is 31.6. The molecule has 0 saturated carbocycles. The maximum Gasteiger partial charge on any atom is 0.165 e. The summed E-state index contributed by atoms with van der Waals surface area (Å²) in [4.78, 5) is 11.2. The number of ketones is 1. The Labute approximate surface area is 113 Å². The van der Waals surface area contributed by atoms with Crippen molar-refractivity contribution in [2.75, 3.05) is 0 Å². The third kappa shape index (κ3) is 3.09. The quantitative estimate of drug-likeness (QED) is 0.768. The summed E-state index contributed by atoms with van der Waals surface area (Å²) >= 11 is 5.89. The summed E-state index contributed by atoms with van der Waals surface area (Å²) in [5, 5.41) is 0.196. The first kappa shape index (κ1) is 13.5. The van der Waals surface area contributed by atoms with Crippen LogP contribution in [-0.4, -0.2) is 5.78 Å². The van der Waals surface area contributed by atoms with Crippen LogP contribution in [0, 0.1) is 11.6 Å². The van der Waals surface area contributed by atoms with E-state index in [1.807, 2.05) is 0 Å². The molecule has 2 aromatic rings. The van der Waals surface area contributed by atoms with Crippen molar-refractivity contribution in [2.24, 2.45) is 0 Å². The molecule has 0 amide bonds. The van der Waals surface area contributed by atoms with E-state index >= 15 is 0 Å². The summed E-state index contributed by atoms with van der Waals surface area (Å²) in [6.45, 7) is 1.38. The van der Waals surface area contributed by atoms with Gasteiger partial charge in [0.25, 0.3) is 0 Å². The Morgan fingerprint density at radius 2 is 1.89 bits per heavy atom. The van der Waals surface area contributed by atoms with Crippen LogP contribution in [0.1, 0.15) is 17.3 Å². The summed E-state index contributed by atoms with van der Waals surface area (Å²) in [5.74, 6) is -1.50. The highest BCUT2D eigenvalue weighted by atomic mass is 35.5. The third-order valence-corrected chi connectivity index (χ3v) is 2.75. The van der Waals surface area contributed by atoms with Crippen molar-refractivity contribution in [3.05, 3.63) is 58.6 Å². The zero-order chi connectivity index (χ0) is 14.0. The smallest absolute Gasteiger partial charge is 0.165 e. The monoisotopic (exact) mass is 282 g/mol. The Morgan fingerprint density at radius 1 is 1.16 bits per heavy atom. The minimum absolute atomic E-state index is 0.187. The van der Waals surface area contributed by atoms with Gasteiger partial charge in [0.2, 0.25) is 0 Å². The SMILES string of the molecule is CC(=O)c1ccc(Oc2cc(F)ccc2F)cc1Cl. The van der Waals surface area contributed by atoms with Crippen molar-refractivity contribution >= 4 is 17.4 Å². The Morgan fingerprint density at radius 3 is 2.53 bits per heavy atom. The molecule has 2 nitrogen and oxygen atoms in total. The zero-order valence-electron chi connectivity index (χ0n) is 9.91. The molecule has 0 aliphatic heterocycles. The Hall–Kier alpha value is -1.94. The van der Waals surface area contributed by atoms with E-state index in [-0.39, 0.29) is 22.3 Å². The first-order chi connectivity index (χ1) is 8.97. The minimum atomic E-state index is -0.687. The number of hydrogen-bond donors (Lipinski definition) is 0. The van der Waals surface area contributed by atoms with E-state index in [1.165, 1.54) is 25.1 Å². The van der Waals surface area contributed by atoms with Gasteiger partial charge in [-0.2, -0.15) is 0 Å². The van der Waals surface area contributed by atoms with Gasteiger partial charge in [0.05, 0.1) is 5.02 Å². The van der Waals surface area contributed by atoms with Gasteiger partial charge in [-0.05, 0) is 31.2 Å². The minimum Gasteiger partial charge on any atom is -0.454 e. The van der Waals surface area contributed by atoms with Crippen LogP contribution in [0.2, 0.25) is 5.02 Å². The van der Waals surface area contributed by atoms with Gasteiger partial charge >= 0.3 is 0 Å².